The molecule has 1 aromatic carbocycles. The van der Waals surface area contributed by atoms with Crippen LogP contribution in [0.3, 0.4) is 0 Å². The fourth-order valence-corrected chi connectivity index (χ4v) is 2.09. The highest BCUT2D eigenvalue weighted by Gasteiger charge is 2.11. The van der Waals surface area contributed by atoms with Crippen molar-refractivity contribution in [1.29, 1.82) is 0 Å². The summed E-state index contributed by atoms with van der Waals surface area (Å²) < 4.78 is 11.3. The Morgan fingerprint density at radius 1 is 1.05 bits per heavy atom. The topological polar surface area (TPSA) is 94.3 Å². The summed E-state index contributed by atoms with van der Waals surface area (Å²) in [5.74, 6) is 8.73. The van der Waals surface area contributed by atoms with Crippen LogP contribution >= 0.6 is 0 Å². The van der Waals surface area contributed by atoms with Gasteiger partial charge in [-0.05, 0) is 19.1 Å². The van der Waals surface area contributed by atoms with E-state index in [-0.39, 0.29) is 0 Å². The summed E-state index contributed by atoms with van der Waals surface area (Å²) in [7, 11) is 0. The van der Waals surface area contributed by atoms with Gasteiger partial charge in [0.2, 0.25) is 0 Å². The van der Waals surface area contributed by atoms with E-state index in [1.54, 1.807) is 13.0 Å². The van der Waals surface area contributed by atoms with Crippen molar-refractivity contribution in [2.45, 2.75) is 13.3 Å². The van der Waals surface area contributed by atoms with Crippen molar-refractivity contribution in [3.05, 3.63) is 30.1 Å². The second kappa shape index (κ2) is 5.84. The van der Waals surface area contributed by atoms with Crippen LogP contribution in [0.4, 0.5) is 17.3 Å². The molecule has 0 radical (unpaired) electrons. The van der Waals surface area contributed by atoms with Crippen LogP contribution in [-0.2, 0) is 0 Å². The second-order valence-corrected chi connectivity index (χ2v) is 4.67. The van der Waals surface area contributed by atoms with Crippen molar-refractivity contribution in [2.24, 2.45) is 5.84 Å². The average molecular weight is 287 g/mol. The Morgan fingerprint density at radius 3 is 2.62 bits per heavy atom. The molecule has 2 aromatic rings. The number of anilines is 3. The number of hydrogen-bond donors (Lipinski definition) is 3. The van der Waals surface area contributed by atoms with E-state index in [0.29, 0.717) is 30.7 Å². The molecule has 0 amide bonds. The Balaban J connectivity index is 1.85. The van der Waals surface area contributed by atoms with Crippen LogP contribution in [0.2, 0.25) is 0 Å². The van der Waals surface area contributed by atoms with Crippen LogP contribution in [0.5, 0.6) is 11.5 Å². The van der Waals surface area contributed by atoms with Crippen molar-refractivity contribution < 1.29 is 9.47 Å². The molecule has 0 aliphatic carbocycles. The fraction of sp³-hybridized carbons (Fsp3) is 0.286. The number of ether oxygens (including phenoxy) is 2. The molecule has 0 bridgehead atoms. The number of hydrogen-bond acceptors (Lipinski definition) is 7. The zero-order valence-corrected chi connectivity index (χ0v) is 11.7. The number of fused-ring (bicyclic) bond motifs is 1. The molecule has 1 aliphatic heterocycles. The van der Waals surface area contributed by atoms with Gasteiger partial charge in [-0.25, -0.2) is 15.8 Å². The summed E-state index contributed by atoms with van der Waals surface area (Å²) in [6.45, 7) is 3.14. The number of nitrogens with one attached hydrogen (secondary N) is 2. The third kappa shape index (κ3) is 3.14. The van der Waals surface area contributed by atoms with Gasteiger partial charge < -0.3 is 20.2 Å². The lowest BCUT2D eigenvalue weighted by Gasteiger charge is -2.11. The molecule has 1 aliphatic rings. The minimum atomic E-state index is 0.555. The molecular formula is C14H17N5O2. The van der Waals surface area contributed by atoms with Crippen molar-refractivity contribution in [3.63, 3.8) is 0 Å². The second-order valence-electron chi connectivity index (χ2n) is 4.67. The molecule has 110 valence electrons. The van der Waals surface area contributed by atoms with Gasteiger partial charge in [0.05, 0.1) is 13.2 Å². The largest absolute Gasteiger partial charge is 0.490 e. The minimum absolute atomic E-state index is 0.555. The first-order chi connectivity index (χ1) is 10.2. The Morgan fingerprint density at radius 2 is 1.81 bits per heavy atom. The predicted molar refractivity (Wildman–Crippen MR) is 79.9 cm³/mol. The number of rotatable bonds is 3. The maximum atomic E-state index is 5.67. The lowest BCUT2D eigenvalue weighted by atomic mass is 10.2. The lowest BCUT2D eigenvalue weighted by molar-refractivity contribution is 0.297. The highest BCUT2D eigenvalue weighted by atomic mass is 16.5. The Hall–Kier alpha value is -2.54. The quantitative estimate of drug-likeness (QED) is 0.587. The maximum Gasteiger partial charge on any atom is 0.163 e. The van der Waals surface area contributed by atoms with Crippen LogP contribution in [0.15, 0.2) is 24.3 Å². The first-order valence-electron chi connectivity index (χ1n) is 6.73. The van der Waals surface area contributed by atoms with Crippen molar-refractivity contribution in [2.75, 3.05) is 24.0 Å². The van der Waals surface area contributed by atoms with Crippen molar-refractivity contribution >= 4 is 17.3 Å². The van der Waals surface area contributed by atoms with E-state index >= 15 is 0 Å². The van der Waals surface area contributed by atoms with Gasteiger partial charge in [-0.3, -0.25) is 0 Å². The fourth-order valence-electron chi connectivity index (χ4n) is 2.09. The van der Waals surface area contributed by atoms with Crippen molar-refractivity contribution in [3.8, 4) is 11.5 Å². The first kappa shape index (κ1) is 13.4. The normalized spacial score (nSPS) is 13.4. The van der Waals surface area contributed by atoms with Crippen molar-refractivity contribution in [1.82, 2.24) is 9.97 Å². The lowest BCUT2D eigenvalue weighted by Crippen LogP contribution is -2.10. The number of nitrogen functional groups attached to an aromatic ring is 1. The van der Waals surface area contributed by atoms with Gasteiger partial charge in [0, 0.05) is 24.2 Å². The molecule has 7 heteroatoms. The van der Waals surface area contributed by atoms with Gasteiger partial charge in [0.15, 0.2) is 11.5 Å². The minimum Gasteiger partial charge on any atom is -0.490 e. The summed E-state index contributed by atoms with van der Waals surface area (Å²) >= 11 is 0. The third-order valence-corrected chi connectivity index (χ3v) is 3.01. The van der Waals surface area contributed by atoms with Gasteiger partial charge in [0.1, 0.15) is 17.5 Å². The highest BCUT2D eigenvalue weighted by molar-refractivity contribution is 5.63. The van der Waals surface area contributed by atoms with E-state index in [1.807, 2.05) is 18.2 Å². The number of hydrazine groups is 1. The molecule has 3 rings (SSSR count). The van der Waals surface area contributed by atoms with Crippen LogP contribution < -0.4 is 26.1 Å². The zero-order chi connectivity index (χ0) is 14.7. The summed E-state index contributed by atoms with van der Waals surface area (Å²) in [6.07, 6.45) is 0.883. The van der Waals surface area contributed by atoms with Gasteiger partial charge in [-0.15, -0.1) is 0 Å². The van der Waals surface area contributed by atoms with E-state index in [1.165, 1.54) is 0 Å². The molecule has 21 heavy (non-hydrogen) atoms. The van der Waals surface area contributed by atoms with Crippen LogP contribution in [0, 0.1) is 6.92 Å². The van der Waals surface area contributed by atoms with E-state index in [2.05, 4.69) is 20.7 Å². The Labute approximate surface area is 122 Å². The summed E-state index contributed by atoms with van der Waals surface area (Å²) in [6, 6.07) is 7.43. The maximum absolute atomic E-state index is 5.67. The predicted octanol–water partition coefficient (Wildman–Crippen LogP) is 1.98. The van der Waals surface area contributed by atoms with E-state index in [9.17, 15) is 0 Å². The SMILES string of the molecule is Cc1nc(NN)cc(Nc2ccc3c(c2)OCCCO3)n1. The van der Waals surface area contributed by atoms with Gasteiger partial charge in [-0.1, -0.05) is 0 Å². The third-order valence-electron chi connectivity index (χ3n) is 3.01. The molecule has 0 saturated heterocycles. The van der Waals surface area contributed by atoms with Crippen LogP contribution in [-0.4, -0.2) is 23.2 Å². The Kier molecular flexibility index (Phi) is 3.74. The smallest absolute Gasteiger partial charge is 0.163 e. The number of nitrogens with zero attached hydrogens (tertiary/aromatic N) is 2. The summed E-state index contributed by atoms with van der Waals surface area (Å²) in [5, 5.41) is 3.21. The van der Waals surface area contributed by atoms with Crippen LogP contribution in [0.1, 0.15) is 12.2 Å². The molecule has 0 saturated carbocycles. The zero-order valence-electron chi connectivity index (χ0n) is 11.7. The number of nitrogens with two attached hydrogens (primary N) is 1. The summed E-state index contributed by atoms with van der Waals surface area (Å²) in [5.41, 5.74) is 3.38. The molecule has 0 spiro atoms. The average Bonchev–Trinajstić information content (AvgIpc) is 2.71. The number of aryl methyl sites for hydroxylation is 1. The molecule has 0 fully saturated rings. The van der Waals surface area contributed by atoms with E-state index in [4.69, 9.17) is 15.3 Å². The van der Waals surface area contributed by atoms with Crippen LogP contribution in [0.25, 0.3) is 0 Å². The molecule has 4 N–H and O–H groups in total. The van der Waals surface area contributed by atoms with E-state index < -0.39 is 0 Å². The molecular weight excluding hydrogens is 270 g/mol. The number of benzene rings is 1. The standard InChI is InChI=1S/C14H17N5O2/c1-9-16-13(8-14(17-9)19-15)18-10-3-4-11-12(7-10)21-6-2-5-20-11/h3-4,7-8H,2,5-6,15H2,1H3,(H2,16,17,18,19). The number of aromatic nitrogens is 2. The molecule has 2 heterocycles. The summed E-state index contributed by atoms with van der Waals surface area (Å²) in [4.78, 5) is 8.46. The van der Waals surface area contributed by atoms with E-state index in [0.717, 1.165) is 23.6 Å². The monoisotopic (exact) mass is 287 g/mol. The first-order valence-corrected chi connectivity index (χ1v) is 6.73. The highest BCUT2D eigenvalue weighted by Crippen LogP contribution is 2.33. The molecule has 0 atom stereocenters. The van der Waals surface area contributed by atoms with Gasteiger partial charge in [0.25, 0.3) is 0 Å². The molecule has 1 aromatic heterocycles. The molecule has 0 unspecified atom stereocenters. The molecule has 7 nitrogen and oxygen atoms in total. The van der Waals surface area contributed by atoms with Gasteiger partial charge >= 0.3 is 0 Å². The Bertz CT molecular complexity index is 647. The van der Waals surface area contributed by atoms with Gasteiger partial charge in [-0.2, -0.15) is 0 Å².